The molecule has 2 atom stereocenters. The molecular weight excluding hydrogens is 769 g/mol. The van der Waals surface area contributed by atoms with Gasteiger partial charge in [-0.3, -0.25) is 14.4 Å². The van der Waals surface area contributed by atoms with Crippen molar-refractivity contribution in [2.45, 2.75) is 317 Å². The molecule has 0 fully saturated rings. The minimum absolute atomic E-state index is 0.0634. The Morgan fingerprint density at radius 2 is 0.613 bits per heavy atom. The summed E-state index contributed by atoms with van der Waals surface area (Å²) in [5, 5.41) is 0. The molecule has 0 rings (SSSR count). The lowest BCUT2D eigenvalue weighted by Gasteiger charge is -2.18. The van der Waals surface area contributed by atoms with Gasteiger partial charge in [-0.05, 0) is 31.1 Å². The Balaban J connectivity index is 4.30. The highest BCUT2D eigenvalue weighted by Crippen LogP contribution is 2.18. The van der Waals surface area contributed by atoms with Gasteiger partial charge in [-0.25, -0.2) is 0 Å². The maximum Gasteiger partial charge on any atom is 0.306 e. The molecule has 0 radical (unpaired) electrons. The number of carbonyl (C=O) groups is 3. The molecule has 0 saturated heterocycles. The first-order valence-electron chi connectivity index (χ1n) is 27.8. The van der Waals surface area contributed by atoms with E-state index in [1.807, 2.05) is 0 Å². The van der Waals surface area contributed by atoms with E-state index in [2.05, 4.69) is 34.6 Å². The van der Waals surface area contributed by atoms with Gasteiger partial charge in [-0.2, -0.15) is 0 Å². The molecule has 1 unspecified atom stereocenters. The summed E-state index contributed by atoms with van der Waals surface area (Å²) in [5.74, 6) is 0.844. The molecule has 0 aliphatic rings. The molecule has 0 aromatic heterocycles. The summed E-state index contributed by atoms with van der Waals surface area (Å²) in [6, 6.07) is 0. The maximum absolute atomic E-state index is 12.8. The highest BCUT2D eigenvalue weighted by molar-refractivity contribution is 5.71. The van der Waals surface area contributed by atoms with Gasteiger partial charge in [-0.1, -0.05) is 272 Å². The van der Waals surface area contributed by atoms with E-state index in [4.69, 9.17) is 14.2 Å². The number of esters is 3. The Hall–Kier alpha value is -1.59. The average Bonchev–Trinajstić information content (AvgIpc) is 3.26. The topological polar surface area (TPSA) is 78.9 Å². The molecule has 0 bridgehead atoms. The molecule has 6 heteroatoms. The zero-order chi connectivity index (χ0) is 45.4. The van der Waals surface area contributed by atoms with Crippen LogP contribution in [0.4, 0.5) is 0 Å². The molecule has 6 nitrogen and oxygen atoms in total. The number of unbranched alkanes of at least 4 members (excludes halogenated alkanes) is 34. The number of rotatable bonds is 50. The van der Waals surface area contributed by atoms with Crippen molar-refractivity contribution in [1.29, 1.82) is 0 Å². The lowest BCUT2D eigenvalue weighted by Crippen LogP contribution is -2.30. The van der Waals surface area contributed by atoms with Gasteiger partial charge in [-0.15, -0.1) is 0 Å². The minimum Gasteiger partial charge on any atom is -0.462 e. The fourth-order valence-corrected chi connectivity index (χ4v) is 8.49. The Morgan fingerprint density at radius 3 is 0.919 bits per heavy atom. The smallest absolute Gasteiger partial charge is 0.306 e. The predicted octanol–water partition coefficient (Wildman–Crippen LogP) is 18.1. The van der Waals surface area contributed by atoms with Gasteiger partial charge in [0.1, 0.15) is 13.2 Å². The number of carbonyl (C=O) groups excluding carboxylic acids is 3. The van der Waals surface area contributed by atoms with Crippen molar-refractivity contribution in [1.82, 2.24) is 0 Å². The van der Waals surface area contributed by atoms with Crippen molar-refractivity contribution in [3.63, 3.8) is 0 Å². The molecule has 0 aliphatic heterocycles. The third-order valence-electron chi connectivity index (χ3n) is 13.1. The molecule has 0 spiro atoms. The van der Waals surface area contributed by atoms with Crippen molar-refractivity contribution in [2.75, 3.05) is 13.2 Å². The fraction of sp³-hybridized carbons (Fsp3) is 0.946. The molecular formula is C56H108O6. The molecule has 0 N–H and O–H groups in total. The van der Waals surface area contributed by atoms with E-state index in [1.54, 1.807) is 0 Å². The van der Waals surface area contributed by atoms with Crippen LogP contribution in [0.2, 0.25) is 0 Å². The summed E-state index contributed by atoms with van der Waals surface area (Å²) in [4.78, 5) is 38.1. The van der Waals surface area contributed by atoms with E-state index in [-0.39, 0.29) is 31.1 Å². The maximum atomic E-state index is 12.8. The van der Waals surface area contributed by atoms with E-state index in [0.29, 0.717) is 19.3 Å². The average molecular weight is 877 g/mol. The van der Waals surface area contributed by atoms with Gasteiger partial charge in [0, 0.05) is 19.3 Å². The Kier molecular flexibility index (Phi) is 47.6. The Bertz CT molecular complexity index is 949. The minimum atomic E-state index is -0.762. The molecule has 0 saturated carbocycles. The summed E-state index contributed by atoms with van der Waals surface area (Å²) >= 11 is 0. The van der Waals surface area contributed by atoms with Gasteiger partial charge < -0.3 is 14.2 Å². The summed E-state index contributed by atoms with van der Waals surface area (Å²) in [7, 11) is 0. The van der Waals surface area contributed by atoms with Gasteiger partial charge in [0.15, 0.2) is 6.10 Å². The molecule has 0 aliphatic carbocycles. The van der Waals surface area contributed by atoms with Gasteiger partial charge in [0.05, 0.1) is 0 Å². The second kappa shape index (κ2) is 48.9. The normalized spacial score (nSPS) is 12.5. The third-order valence-corrected chi connectivity index (χ3v) is 13.1. The quantitative estimate of drug-likeness (QED) is 0.0344. The first-order valence-corrected chi connectivity index (χ1v) is 27.8. The SMILES string of the molecule is CCCCCCCCCCCCCCCCCCC(=O)O[C@H](COC(=O)CCCCCCCCCCCCCCCC(C)C)COC(=O)CCCCCCCCCCC(C)CC. The van der Waals surface area contributed by atoms with Crippen LogP contribution in [0.3, 0.4) is 0 Å². The van der Waals surface area contributed by atoms with Crippen LogP contribution in [0, 0.1) is 11.8 Å². The summed E-state index contributed by atoms with van der Waals surface area (Å²) in [6.07, 6.45) is 50.8. The molecule has 0 amide bonds. The van der Waals surface area contributed by atoms with Crippen LogP contribution < -0.4 is 0 Å². The number of hydrogen-bond acceptors (Lipinski definition) is 6. The standard InChI is InChI=1S/C56H108O6/c1-6-8-9-10-11-12-13-14-15-16-19-23-26-33-38-43-48-56(59)62-53(50-61-55(58)47-42-37-32-28-27-30-35-40-45-52(5)7-2)49-60-54(57)46-41-36-31-25-22-20-17-18-21-24-29-34-39-44-51(3)4/h51-53H,6-50H2,1-5H3/t52?,53-/m1/s1. The van der Waals surface area contributed by atoms with E-state index in [1.165, 1.54) is 199 Å². The summed E-state index contributed by atoms with van der Waals surface area (Å²) < 4.78 is 16.9. The number of hydrogen-bond donors (Lipinski definition) is 0. The lowest BCUT2D eigenvalue weighted by molar-refractivity contribution is -0.167. The molecule has 62 heavy (non-hydrogen) atoms. The fourth-order valence-electron chi connectivity index (χ4n) is 8.49. The first-order chi connectivity index (χ1) is 30.3. The summed E-state index contributed by atoms with van der Waals surface area (Å²) in [5.41, 5.74) is 0. The molecule has 0 aromatic carbocycles. The Morgan fingerprint density at radius 1 is 0.339 bits per heavy atom. The van der Waals surface area contributed by atoms with Crippen molar-refractivity contribution in [3.8, 4) is 0 Å². The van der Waals surface area contributed by atoms with Gasteiger partial charge in [0.2, 0.25) is 0 Å². The summed E-state index contributed by atoms with van der Waals surface area (Å²) in [6.45, 7) is 11.4. The monoisotopic (exact) mass is 877 g/mol. The van der Waals surface area contributed by atoms with Crippen LogP contribution in [0.15, 0.2) is 0 Å². The second-order valence-electron chi connectivity index (χ2n) is 19.9. The van der Waals surface area contributed by atoms with Crippen molar-refractivity contribution in [2.24, 2.45) is 11.8 Å². The molecule has 0 aromatic rings. The van der Waals surface area contributed by atoms with E-state index >= 15 is 0 Å². The highest BCUT2D eigenvalue weighted by Gasteiger charge is 2.19. The van der Waals surface area contributed by atoms with Crippen molar-refractivity contribution in [3.05, 3.63) is 0 Å². The van der Waals surface area contributed by atoms with Crippen molar-refractivity contribution < 1.29 is 28.6 Å². The zero-order valence-electron chi connectivity index (χ0n) is 42.5. The van der Waals surface area contributed by atoms with Crippen LogP contribution in [0.1, 0.15) is 311 Å². The van der Waals surface area contributed by atoms with E-state index in [9.17, 15) is 14.4 Å². The van der Waals surface area contributed by atoms with E-state index in [0.717, 1.165) is 69.6 Å². The predicted molar refractivity (Wildman–Crippen MR) is 266 cm³/mol. The van der Waals surface area contributed by atoms with Crippen LogP contribution >= 0.6 is 0 Å². The van der Waals surface area contributed by atoms with Crippen LogP contribution in [-0.4, -0.2) is 37.2 Å². The van der Waals surface area contributed by atoms with Crippen LogP contribution in [0.5, 0.6) is 0 Å². The van der Waals surface area contributed by atoms with Crippen LogP contribution in [-0.2, 0) is 28.6 Å². The number of ether oxygens (including phenoxy) is 3. The second-order valence-corrected chi connectivity index (χ2v) is 19.9. The third kappa shape index (κ3) is 47.9. The largest absolute Gasteiger partial charge is 0.462 e. The molecule has 0 heterocycles. The lowest BCUT2D eigenvalue weighted by atomic mass is 9.99. The van der Waals surface area contributed by atoms with Gasteiger partial charge >= 0.3 is 17.9 Å². The first kappa shape index (κ1) is 60.4. The highest BCUT2D eigenvalue weighted by atomic mass is 16.6. The van der Waals surface area contributed by atoms with Crippen LogP contribution in [0.25, 0.3) is 0 Å². The van der Waals surface area contributed by atoms with E-state index < -0.39 is 6.10 Å². The molecule has 368 valence electrons. The van der Waals surface area contributed by atoms with Crippen molar-refractivity contribution >= 4 is 17.9 Å². The van der Waals surface area contributed by atoms with Gasteiger partial charge in [0.25, 0.3) is 0 Å². The Labute approximate surface area is 387 Å². The zero-order valence-corrected chi connectivity index (χ0v) is 42.5.